The van der Waals surface area contributed by atoms with Crippen molar-refractivity contribution in [2.24, 2.45) is 0 Å². The van der Waals surface area contributed by atoms with Gasteiger partial charge in [0.1, 0.15) is 0 Å². The predicted molar refractivity (Wildman–Crippen MR) is 62.7 cm³/mol. The van der Waals surface area contributed by atoms with E-state index in [9.17, 15) is 5.11 Å². The summed E-state index contributed by atoms with van der Waals surface area (Å²) in [7, 11) is 0. The Balaban J connectivity index is 1.78. The highest BCUT2D eigenvalue weighted by atomic mass is 32.2. The second kappa shape index (κ2) is 5.69. The highest BCUT2D eigenvalue weighted by Crippen LogP contribution is 2.37. The van der Waals surface area contributed by atoms with Crippen molar-refractivity contribution >= 4 is 11.8 Å². The summed E-state index contributed by atoms with van der Waals surface area (Å²) in [5.41, 5.74) is -0.0555. The first-order valence-electron chi connectivity index (χ1n) is 5.86. The maximum Gasteiger partial charge on any atom is 0.0947 e. The minimum Gasteiger partial charge on any atom is -0.394 e. The average molecular weight is 248 g/mol. The second-order valence-electron chi connectivity index (χ2n) is 4.62. The topological polar surface area (TPSA) is 58.9 Å². The minimum atomic E-state index is -0.594. The highest BCUT2D eigenvalue weighted by molar-refractivity contribution is 7.99. The number of rotatable bonds is 4. The van der Waals surface area contributed by atoms with Gasteiger partial charge in [0.15, 0.2) is 0 Å². The summed E-state index contributed by atoms with van der Waals surface area (Å²) in [5, 5.41) is 18.6. The summed E-state index contributed by atoms with van der Waals surface area (Å²) in [4.78, 5) is 0. The van der Waals surface area contributed by atoms with Gasteiger partial charge in [-0.3, -0.25) is 0 Å². The molecule has 0 aliphatic carbocycles. The Morgan fingerprint density at radius 3 is 3.00 bits per heavy atom. The van der Waals surface area contributed by atoms with Crippen LogP contribution in [0.25, 0.3) is 0 Å². The Hall–Kier alpha value is 0.190. The molecule has 2 rings (SSSR count). The van der Waals surface area contributed by atoms with Crippen LogP contribution in [0.4, 0.5) is 0 Å². The Kier molecular flexibility index (Phi) is 4.49. The van der Waals surface area contributed by atoms with Crippen LogP contribution in [0.15, 0.2) is 0 Å². The van der Waals surface area contributed by atoms with Gasteiger partial charge in [-0.1, -0.05) is 0 Å². The van der Waals surface area contributed by atoms with E-state index in [4.69, 9.17) is 14.6 Å². The minimum absolute atomic E-state index is 0.0555. The van der Waals surface area contributed by atoms with Gasteiger partial charge in [0, 0.05) is 30.6 Å². The number of ether oxygens (including phenoxy) is 2. The van der Waals surface area contributed by atoms with Crippen molar-refractivity contribution in [1.82, 2.24) is 0 Å². The monoisotopic (exact) mass is 248 g/mol. The van der Waals surface area contributed by atoms with Crippen LogP contribution >= 0.6 is 11.8 Å². The predicted octanol–water partition coefficient (Wildman–Crippen LogP) is 0.411. The van der Waals surface area contributed by atoms with E-state index in [1.807, 2.05) is 0 Å². The second-order valence-corrected chi connectivity index (χ2v) is 5.95. The van der Waals surface area contributed by atoms with E-state index in [2.05, 4.69) is 0 Å². The van der Waals surface area contributed by atoms with Gasteiger partial charge >= 0.3 is 0 Å². The van der Waals surface area contributed by atoms with Crippen molar-refractivity contribution in [2.45, 2.75) is 36.2 Å². The molecule has 2 aliphatic heterocycles. The van der Waals surface area contributed by atoms with Crippen LogP contribution in [0.3, 0.4) is 0 Å². The Labute approximate surface area is 100 Å². The van der Waals surface area contributed by atoms with Gasteiger partial charge in [-0.05, 0) is 12.8 Å². The first-order chi connectivity index (χ1) is 7.74. The summed E-state index contributed by atoms with van der Waals surface area (Å²) in [5.74, 6) is 0.609. The summed E-state index contributed by atoms with van der Waals surface area (Å²) < 4.78 is 11.2. The molecule has 0 aromatic carbocycles. The molecule has 0 aromatic heterocycles. The summed E-state index contributed by atoms with van der Waals surface area (Å²) in [6.45, 7) is 2.16. The van der Waals surface area contributed by atoms with E-state index in [-0.39, 0.29) is 12.2 Å². The Bertz CT molecular complexity index is 218. The number of hydrogen-bond acceptors (Lipinski definition) is 5. The largest absolute Gasteiger partial charge is 0.394 e. The zero-order chi connectivity index (χ0) is 11.4. The molecule has 2 saturated heterocycles. The molecule has 1 spiro atoms. The van der Waals surface area contributed by atoms with E-state index < -0.39 is 6.10 Å². The van der Waals surface area contributed by atoms with Crippen molar-refractivity contribution in [3.8, 4) is 0 Å². The molecule has 2 fully saturated rings. The van der Waals surface area contributed by atoms with Crippen molar-refractivity contribution in [3.05, 3.63) is 0 Å². The van der Waals surface area contributed by atoms with Crippen LogP contribution in [-0.2, 0) is 9.47 Å². The highest BCUT2D eigenvalue weighted by Gasteiger charge is 2.41. The van der Waals surface area contributed by atoms with E-state index in [1.165, 1.54) is 0 Å². The lowest BCUT2D eigenvalue weighted by atomic mass is 9.93. The maximum absolute atomic E-state index is 9.32. The van der Waals surface area contributed by atoms with E-state index in [1.54, 1.807) is 11.8 Å². The fraction of sp³-hybridized carbons (Fsp3) is 1.00. The smallest absolute Gasteiger partial charge is 0.0947 e. The SMILES string of the molecule is OCC(O)CSC1CCOC2(CCOC2)C1. The van der Waals surface area contributed by atoms with Crippen molar-refractivity contribution < 1.29 is 19.7 Å². The number of hydrogen-bond donors (Lipinski definition) is 2. The van der Waals surface area contributed by atoms with Crippen LogP contribution in [0.1, 0.15) is 19.3 Å². The average Bonchev–Trinajstić information content (AvgIpc) is 2.74. The fourth-order valence-corrected chi connectivity index (χ4v) is 3.57. The number of thioether (sulfide) groups is 1. The fourth-order valence-electron chi connectivity index (χ4n) is 2.29. The Morgan fingerprint density at radius 2 is 2.31 bits per heavy atom. The third-order valence-corrected chi connectivity index (χ3v) is 4.70. The molecule has 2 N–H and O–H groups in total. The lowest BCUT2D eigenvalue weighted by molar-refractivity contribution is -0.0770. The van der Waals surface area contributed by atoms with Crippen LogP contribution in [-0.4, -0.2) is 59.3 Å². The molecule has 0 amide bonds. The maximum atomic E-state index is 9.32. The zero-order valence-corrected chi connectivity index (χ0v) is 10.2. The van der Waals surface area contributed by atoms with E-state index >= 15 is 0 Å². The van der Waals surface area contributed by atoms with E-state index in [0.29, 0.717) is 17.6 Å². The third-order valence-electron chi connectivity index (χ3n) is 3.25. The third kappa shape index (κ3) is 3.11. The molecular weight excluding hydrogens is 228 g/mol. The van der Waals surface area contributed by atoms with Crippen molar-refractivity contribution in [2.75, 3.05) is 32.2 Å². The first kappa shape index (κ1) is 12.6. The van der Waals surface area contributed by atoms with Gasteiger partial charge in [-0.15, -0.1) is 0 Å². The molecule has 0 radical (unpaired) electrons. The van der Waals surface area contributed by atoms with Gasteiger partial charge in [0.05, 0.1) is 24.9 Å². The molecule has 0 aromatic rings. The Morgan fingerprint density at radius 1 is 1.44 bits per heavy atom. The quantitative estimate of drug-likeness (QED) is 0.754. The number of aliphatic hydroxyl groups excluding tert-OH is 2. The molecular formula is C11H20O4S. The van der Waals surface area contributed by atoms with Gasteiger partial charge in [0.2, 0.25) is 0 Å². The molecule has 0 bridgehead atoms. The molecule has 16 heavy (non-hydrogen) atoms. The number of aliphatic hydroxyl groups is 2. The van der Waals surface area contributed by atoms with Crippen LogP contribution < -0.4 is 0 Å². The van der Waals surface area contributed by atoms with Crippen molar-refractivity contribution in [1.29, 1.82) is 0 Å². The molecule has 3 atom stereocenters. The first-order valence-corrected chi connectivity index (χ1v) is 6.91. The molecule has 2 aliphatic rings. The summed E-state index contributed by atoms with van der Waals surface area (Å²) in [6.07, 6.45) is 2.44. The normalized spacial score (nSPS) is 36.8. The van der Waals surface area contributed by atoms with Crippen molar-refractivity contribution in [3.63, 3.8) is 0 Å². The van der Waals surface area contributed by atoms with Gasteiger partial charge < -0.3 is 19.7 Å². The standard InChI is InChI=1S/C11H20O4S/c12-6-9(13)7-16-10-1-3-15-11(5-10)2-4-14-8-11/h9-10,12-13H,1-8H2. The summed E-state index contributed by atoms with van der Waals surface area (Å²) in [6, 6.07) is 0. The van der Waals surface area contributed by atoms with Gasteiger partial charge in [-0.2, -0.15) is 11.8 Å². The lowest BCUT2D eigenvalue weighted by Gasteiger charge is -2.37. The summed E-state index contributed by atoms with van der Waals surface area (Å²) >= 11 is 1.75. The lowest BCUT2D eigenvalue weighted by Crippen LogP contribution is -2.41. The molecule has 3 unspecified atom stereocenters. The zero-order valence-electron chi connectivity index (χ0n) is 9.43. The molecule has 4 nitrogen and oxygen atoms in total. The van der Waals surface area contributed by atoms with Gasteiger partial charge in [-0.25, -0.2) is 0 Å². The van der Waals surface area contributed by atoms with Crippen LogP contribution in [0.5, 0.6) is 0 Å². The van der Waals surface area contributed by atoms with Crippen LogP contribution in [0, 0.1) is 0 Å². The van der Waals surface area contributed by atoms with E-state index in [0.717, 1.165) is 32.5 Å². The molecule has 0 saturated carbocycles. The molecule has 5 heteroatoms. The molecule has 94 valence electrons. The molecule has 2 heterocycles. The van der Waals surface area contributed by atoms with Gasteiger partial charge in [0.25, 0.3) is 0 Å². The van der Waals surface area contributed by atoms with Crippen LogP contribution in [0.2, 0.25) is 0 Å².